The zero-order chi connectivity index (χ0) is 14.8. The van der Waals surface area contributed by atoms with Gasteiger partial charge in [-0.1, -0.05) is 0 Å². The first-order chi connectivity index (χ1) is 8.57. The van der Waals surface area contributed by atoms with Crippen molar-refractivity contribution in [3.05, 3.63) is 0 Å². The third-order valence-electron chi connectivity index (χ3n) is 2.91. The first-order valence-corrected chi connectivity index (χ1v) is 6.44. The van der Waals surface area contributed by atoms with Crippen LogP contribution >= 0.6 is 0 Å². The van der Waals surface area contributed by atoms with Gasteiger partial charge in [-0.15, -0.1) is 0 Å². The number of rotatable bonds is 3. The van der Waals surface area contributed by atoms with E-state index in [0.717, 1.165) is 0 Å². The quantitative estimate of drug-likeness (QED) is 0.794. The summed E-state index contributed by atoms with van der Waals surface area (Å²) in [4.78, 5) is 13.8. The second-order valence-corrected chi connectivity index (χ2v) is 6.19. The van der Waals surface area contributed by atoms with Crippen LogP contribution in [0.2, 0.25) is 0 Å². The average molecular weight is 275 g/mol. The summed E-state index contributed by atoms with van der Waals surface area (Å²) in [6.45, 7) is 9.40. The molecule has 1 N–H and O–H groups in total. The van der Waals surface area contributed by atoms with Gasteiger partial charge in [0.2, 0.25) is 0 Å². The standard InChI is InChI=1S/C13H25NO5/c1-12(2,3)19-11(16)14-9(7-10(15)17-6)8-18-13(14,4)5/h9-10,15H,7-8H2,1-6H3/t9-,10-/m0/s1. The molecule has 1 heterocycles. The fourth-order valence-corrected chi connectivity index (χ4v) is 2.07. The number of aliphatic hydroxyl groups is 1. The first-order valence-electron chi connectivity index (χ1n) is 6.44. The van der Waals surface area contributed by atoms with Gasteiger partial charge in [0.15, 0.2) is 6.29 Å². The molecule has 0 radical (unpaired) electrons. The van der Waals surface area contributed by atoms with Gasteiger partial charge in [0.1, 0.15) is 11.3 Å². The molecule has 0 aromatic rings. The minimum atomic E-state index is -0.924. The van der Waals surface area contributed by atoms with E-state index in [1.165, 1.54) is 12.0 Å². The molecule has 0 aromatic heterocycles. The molecule has 1 aliphatic heterocycles. The molecule has 1 rings (SSSR count). The van der Waals surface area contributed by atoms with Crippen LogP contribution in [-0.2, 0) is 14.2 Å². The molecule has 0 aromatic carbocycles. The number of nitrogens with zero attached hydrogens (tertiary/aromatic N) is 1. The van der Waals surface area contributed by atoms with Crippen LogP contribution in [0.15, 0.2) is 0 Å². The lowest BCUT2D eigenvalue weighted by Gasteiger charge is -2.35. The number of hydrogen-bond donors (Lipinski definition) is 1. The number of hydrogen-bond acceptors (Lipinski definition) is 5. The Kier molecular flexibility index (Phi) is 4.81. The molecule has 19 heavy (non-hydrogen) atoms. The Bertz CT molecular complexity index is 323. The summed E-state index contributed by atoms with van der Waals surface area (Å²) in [6, 6.07) is -0.264. The molecule has 6 nitrogen and oxygen atoms in total. The SMILES string of the molecule is CO[C@H](O)C[C@H]1COC(C)(C)N1C(=O)OC(C)(C)C. The summed E-state index contributed by atoms with van der Waals surface area (Å²) < 4.78 is 15.8. The summed E-state index contributed by atoms with van der Waals surface area (Å²) in [5, 5.41) is 9.56. The minimum Gasteiger partial charge on any atom is -0.444 e. The summed E-state index contributed by atoms with van der Waals surface area (Å²) in [7, 11) is 1.42. The van der Waals surface area contributed by atoms with Crippen molar-refractivity contribution < 1.29 is 24.1 Å². The molecule has 6 heteroatoms. The van der Waals surface area contributed by atoms with E-state index in [1.54, 1.807) is 13.8 Å². The summed E-state index contributed by atoms with van der Waals surface area (Å²) in [6.07, 6.45) is -1.07. The van der Waals surface area contributed by atoms with Gasteiger partial charge >= 0.3 is 6.09 Å². The first kappa shape index (κ1) is 16.2. The Morgan fingerprint density at radius 3 is 2.58 bits per heavy atom. The lowest BCUT2D eigenvalue weighted by atomic mass is 10.1. The van der Waals surface area contributed by atoms with E-state index < -0.39 is 23.7 Å². The lowest BCUT2D eigenvalue weighted by Crippen LogP contribution is -2.50. The van der Waals surface area contributed by atoms with Gasteiger partial charge in [0.25, 0.3) is 0 Å². The molecule has 0 unspecified atom stereocenters. The molecule has 1 amide bonds. The van der Waals surface area contributed by atoms with Crippen LogP contribution in [-0.4, -0.2) is 53.5 Å². The monoisotopic (exact) mass is 275 g/mol. The van der Waals surface area contributed by atoms with Gasteiger partial charge < -0.3 is 19.3 Å². The Labute approximate surface area is 114 Å². The van der Waals surface area contributed by atoms with Crippen molar-refractivity contribution in [2.24, 2.45) is 0 Å². The van der Waals surface area contributed by atoms with E-state index in [9.17, 15) is 9.90 Å². The molecule has 1 saturated heterocycles. The van der Waals surface area contributed by atoms with Gasteiger partial charge in [0.05, 0.1) is 12.6 Å². The maximum atomic E-state index is 12.3. The highest BCUT2D eigenvalue weighted by Gasteiger charge is 2.46. The van der Waals surface area contributed by atoms with Crippen LogP contribution in [0.3, 0.4) is 0 Å². The molecule has 0 bridgehead atoms. The van der Waals surface area contributed by atoms with Crippen molar-refractivity contribution in [1.82, 2.24) is 4.90 Å². The summed E-state index contributed by atoms with van der Waals surface area (Å²) >= 11 is 0. The van der Waals surface area contributed by atoms with Gasteiger partial charge in [-0.3, -0.25) is 4.90 Å². The van der Waals surface area contributed by atoms with Crippen LogP contribution in [0, 0.1) is 0 Å². The average Bonchev–Trinajstić information content (AvgIpc) is 2.51. The Morgan fingerprint density at radius 2 is 2.11 bits per heavy atom. The number of amides is 1. The molecule has 112 valence electrons. The molecular formula is C13H25NO5. The van der Waals surface area contributed by atoms with E-state index in [1.807, 2.05) is 20.8 Å². The summed E-state index contributed by atoms with van der Waals surface area (Å²) in [5.41, 5.74) is -1.32. The van der Waals surface area contributed by atoms with Crippen molar-refractivity contribution in [1.29, 1.82) is 0 Å². The van der Waals surface area contributed by atoms with Gasteiger partial charge in [-0.25, -0.2) is 4.79 Å². The van der Waals surface area contributed by atoms with Crippen LogP contribution in [0.5, 0.6) is 0 Å². The molecular weight excluding hydrogens is 250 g/mol. The smallest absolute Gasteiger partial charge is 0.412 e. The second kappa shape index (κ2) is 5.64. The molecule has 0 saturated carbocycles. The number of carbonyl (C=O) groups is 1. The van der Waals surface area contributed by atoms with Gasteiger partial charge in [-0.05, 0) is 34.6 Å². The number of methoxy groups -OCH3 is 1. The summed E-state index contributed by atoms with van der Waals surface area (Å²) in [5.74, 6) is 0. The second-order valence-electron chi connectivity index (χ2n) is 6.19. The highest BCUT2D eigenvalue weighted by Crippen LogP contribution is 2.31. The number of carbonyl (C=O) groups excluding carboxylic acids is 1. The fourth-order valence-electron chi connectivity index (χ4n) is 2.07. The molecule has 2 atom stereocenters. The number of ether oxygens (including phenoxy) is 3. The topological polar surface area (TPSA) is 68.2 Å². The van der Waals surface area contributed by atoms with E-state index in [2.05, 4.69) is 0 Å². The van der Waals surface area contributed by atoms with Crippen LogP contribution < -0.4 is 0 Å². The Balaban J connectivity index is 2.81. The van der Waals surface area contributed by atoms with Crippen molar-refractivity contribution >= 4 is 6.09 Å². The van der Waals surface area contributed by atoms with Crippen molar-refractivity contribution in [3.63, 3.8) is 0 Å². The van der Waals surface area contributed by atoms with Gasteiger partial charge in [-0.2, -0.15) is 0 Å². The van der Waals surface area contributed by atoms with Crippen LogP contribution in [0.25, 0.3) is 0 Å². The molecule has 0 spiro atoms. The van der Waals surface area contributed by atoms with Crippen LogP contribution in [0.1, 0.15) is 41.0 Å². The predicted molar refractivity (Wildman–Crippen MR) is 69.5 cm³/mol. The van der Waals surface area contributed by atoms with Crippen LogP contribution in [0.4, 0.5) is 4.79 Å². The minimum absolute atomic E-state index is 0.264. The van der Waals surface area contributed by atoms with E-state index in [4.69, 9.17) is 14.2 Å². The fraction of sp³-hybridized carbons (Fsp3) is 0.923. The molecule has 1 aliphatic rings. The zero-order valence-corrected chi connectivity index (χ0v) is 12.6. The van der Waals surface area contributed by atoms with Crippen molar-refractivity contribution in [2.75, 3.05) is 13.7 Å². The van der Waals surface area contributed by atoms with Gasteiger partial charge in [0, 0.05) is 13.5 Å². The third kappa shape index (κ3) is 4.33. The Hall–Kier alpha value is -0.850. The largest absolute Gasteiger partial charge is 0.444 e. The highest BCUT2D eigenvalue weighted by atomic mass is 16.6. The number of aliphatic hydroxyl groups excluding tert-OH is 1. The van der Waals surface area contributed by atoms with Crippen molar-refractivity contribution in [2.45, 2.75) is 64.7 Å². The Morgan fingerprint density at radius 1 is 1.53 bits per heavy atom. The zero-order valence-electron chi connectivity index (χ0n) is 12.6. The van der Waals surface area contributed by atoms with E-state index >= 15 is 0 Å². The normalized spacial score (nSPS) is 24.4. The highest BCUT2D eigenvalue weighted by molar-refractivity contribution is 5.69. The van der Waals surface area contributed by atoms with Crippen molar-refractivity contribution in [3.8, 4) is 0 Å². The lowest BCUT2D eigenvalue weighted by molar-refractivity contribution is -0.0942. The molecule has 0 aliphatic carbocycles. The maximum Gasteiger partial charge on any atom is 0.412 e. The third-order valence-corrected chi connectivity index (χ3v) is 2.91. The van der Waals surface area contributed by atoms with E-state index in [0.29, 0.717) is 13.0 Å². The predicted octanol–water partition coefficient (Wildman–Crippen LogP) is 1.71. The maximum absolute atomic E-state index is 12.3. The molecule has 1 fully saturated rings. The van der Waals surface area contributed by atoms with E-state index in [-0.39, 0.29) is 6.04 Å².